The van der Waals surface area contributed by atoms with Gasteiger partial charge in [0.15, 0.2) is 5.41 Å². The van der Waals surface area contributed by atoms with Crippen LogP contribution in [0.25, 0.3) is 0 Å². The monoisotopic (exact) mass is 378 g/mol. The number of rotatable bonds is 5. The number of fused-ring (bicyclic) bond motifs is 1. The van der Waals surface area contributed by atoms with Gasteiger partial charge in [0.05, 0.1) is 22.2 Å². The molecule has 1 aromatic rings. The molecule has 0 saturated heterocycles. The van der Waals surface area contributed by atoms with Gasteiger partial charge in [0.1, 0.15) is 11.3 Å². The third-order valence-corrected chi connectivity index (χ3v) is 5.73. The van der Waals surface area contributed by atoms with Crippen LogP contribution in [0, 0.1) is 33.5 Å². The number of nitrogens with two attached hydrogens (primary N) is 1. The maximum Gasteiger partial charge on any atom is 0.293 e. The fourth-order valence-corrected chi connectivity index (χ4v) is 4.38. The SMILES string of the molecule is CCOC1(OCC)N=C(N)C2(C#N)C(c3cccc(Cl)c3Cl)C12C#N. The Kier molecular flexibility index (Phi) is 4.21. The summed E-state index contributed by atoms with van der Waals surface area (Å²) in [7, 11) is 0. The molecule has 8 heteroatoms. The standard InChI is InChI=1S/C17H16Cl2N4O2/c1-3-24-17(25-4-2)16(9-21)13(15(16,8-20)14(22)23-17)10-6-5-7-11(18)12(10)19/h5-7,13H,3-4H2,1-2H3,(H2,22,23). The largest absolute Gasteiger partial charge is 0.386 e. The van der Waals surface area contributed by atoms with Crippen LogP contribution in [0.1, 0.15) is 25.3 Å². The van der Waals surface area contributed by atoms with Crippen molar-refractivity contribution in [2.75, 3.05) is 13.2 Å². The van der Waals surface area contributed by atoms with E-state index in [9.17, 15) is 10.5 Å². The van der Waals surface area contributed by atoms with Gasteiger partial charge in [-0.25, -0.2) is 4.99 Å². The maximum absolute atomic E-state index is 10.1. The van der Waals surface area contributed by atoms with E-state index < -0.39 is 22.7 Å². The predicted octanol–water partition coefficient (Wildman–Crippen LogP) is 3.21. The summed E-state index contributed by atoms with van der Waals surface area (Å²) in [6.45, 7) is 3.98. The van der Waals surface area contributed by atoms with Gasteiger partial charge in [0.2, 0.25) is 0 Å². The molecule has 6 nitrogen and oxygen atoms in total. The Labute approximate surface area is 155 Å². The van der Waals surface area contributed by atoms with Gasteiger partial charge >= 0.3 is 0 Å². The van der Waals surface area contributed by atoms with Crippen molar-refractivity contribution < 1.29 is 9.47 Å². The third kappa shape index (κ3) is 1.89. The second-order valence-corrected chi connectivity index (χ2v) is 6.65. The van der Waals surface area contributed by atoms with Crippen LogP contribution in [0.3, 0.4) is 0 Å². The average molecular weight is 379 g/mol. The molecule has 130 valence electrons. The van der Waals surface area contributed by atoms with Crippen molar-refractivity contribution in [1.82, 2.24) is 0 Å². The van der Waals surface area contributed by atoms with Crippen LogP contribution in [0.15, 0.2) is 23.2 Å². The molecule has 0 aromatic heterocycles. The number of amidine groups is 1. The molecule has 1 aliphatic carbocycles. The van der Waals surface area contributed by atoms with Gasteiger partial charge in [-0.2, -0.15) is 10.5 Å². The molecule has 1 fully saturated rings. The lowest BCUT2D eigenvalue weighted by atomic mass is 9.93. The Bertz CT molecular complexity index is 838. The Hall–Kier alpha value is -1.83. The van der Waals surface area contributed by atoms with E-state index >= 15 is 0 Å². The van der Waals surface area contributed by atoms with Gasteiger partial charge in [0, 0.05) is 19.1 Å². The second kappa shape index (κ2) is 5.86. The number of hydrogen-bond donors (Lipinski definition) is 1. The molecular weight excluding hydrogens is 363 g/mol. The summed E-state index contributed by atoms with van der Waals surface area (Å²) in [6, 6.07) is 9.48. The molecule has 3 atom stereocenters. The zero-order valence-corrected chi connectivity index (χ0v) is 15.2. The first kappa shape index (κ1) is 18.0. The van der Waals surface area contributed by atoms with Crippen LogP contribution in [-0.4, -0.2) is 25.0 Å². The van der Waals surface area contributed by atoms with Gasteiger partial charge in [-0.05, 0) is 25.5 Å². The molecule has 0 spiro atoms. The highest BCUT2D eigenvalue weighted by Crippen LogP contribution is 2.82. The van der Waals surface area contributed by atoms with Crippen molar-refractivity contribution in [3.63, 3.8) is 0 Å². The van der Waals surface area contributed by atoms with E-state index in [-0.39, 0.29) is 24.1 Å². The summed E-state index contributed by atoms with van der Waals surface area (Å²) in [5.41, 5.74) is 3.87. The van der Waals surface area contributed by atoms with Crippen LogP contribution in [-0.2, 0) is 9.47 Å². The predicted molar refractivity (Wildman–Crippen MR) is 92.9 cm³/mol. The lowest BCUT2D eigenvalue weighted by Crippen LogP contribution is -2.43. The van der Waals surface area contributed by atoms with Crippen molar-refractivity contribution in [2.45, 2.75) is 25.7 Å². The summed E-state index contributed by atoms with van der Waals surface area (Å²) in [4.78, 5) is 4.27. The number of aliphatic imine (C=N–C) groups is 1. The zero-order valence-electron chi connectivity index (χ0n) is 13.7. The Morgan fingerprint density at radius 2 is 1.84 bits per heavy atom. The number of nitrogens with zero attached hydrogens (tertiary/aromatic N) is 3. The van der Waals surface area contributed by atoms with Crippen molar-refractivity contribution in [3.8, 4) is 12.1 Å². The third-order valence-electron chi connectivity index (χ3n) is 4.90. The molecule has 3 unspecified atom stereocenters. The number of halogens is 2. The minimum Gasteiger partial charge on any atom is -0.386 e. The van der Waals surface area contributed by atoms with E-state index in [1.807, 2.05) is 0 Å². The summed E-state index contributed by atoms with van der Waals surface area (Å²) >= 11 is 12.5. The van der Waals surface area contributed by atoms with Crippen LogP contribution in [0.2, 0.25) is 10.0 Å². The first-order valence-corrected chi connectivity index (χ1v) is 8.58. The van der Waals surface area contributed by atoms with Crippen LogP contribution in [0.5, 0.6) is 0 Å². The van der Waals surface area contributed by atoms with Crippen LogP contribution < -0.4 is 5.73 Å². The number of nitriles is 2. The zero-order chi connectivity index (χ0) is 18.5. The fraction of sp³-hybridized carbons (Fsp3) is 0.471. The van der Waals surface area contributed by atoms with Crippen molar-refractivity contribution in [3.05, 3.63) is 33.8 Å². The normalized spacial score (nSPS) is 31.6. The number of benzene rings is 1. The molecule has 0 radical (unpaired) electrons. The molecule has 1 aromatic carbocycles. The van der Waals surface area contributed by atoms with Gasteiger partial charge < -0.3 is 15.2 Å². The van der Waals surface area contributed by atoms with Crippen molar-refractivity contribution in [1.29, 1.82) is 10.5 Å². The topological polar surface area (TPSA) is 104 Å². The molecule has 0 bridgehead atoms. The minimum atomic E-state index is -1.65. The fourth-order valence-electron chi connectivity index (χ4n) is 3.96. The molecular formula is C17H16Cl2N4O2. The molecule has 0 amide bonds. The first-order valence-electron chi connectivity index (χ1n) is 7.82. The Balaban J connectivity index is 2.27. The Morgan fingerprint density at radius 1 is 1.20 bits per heavy atom. The molecule has 2 aliphatic rings. The number of hydrogen-bond acceptors (Lipinski definition) is 6. The molecule has 1 heterocycles. The summed E-state index contributed by atoms with van der Waals surface area (Å²) in [6.07, 6.45) is 0. The van der Waals surface area contributed by atoms with Gasteiger partial charge in [-0.1, -0.05) is 35.3 Å². The van der Waals surface area contributed by atoms with E-state index in [0.717, 1.165) is 0 Å². The quantitative estimate of drug-likeness (QED) is 0.791. The maximum atomic E-state index is 10.1. The second-order valence-electron chi connectivity index (χ2n) is 5.86. The minimum absolute atomic E-state index is 0.0134. The molecule has 2 N–H and O–H groups in total. The lowest BCUT2D eigenvalue weighted by molar-refractivity contribution is -0.255. The van der Waals surface area contributed by atoms with Gasteiger partial charge in [-0.3, -0.25) is 0 Å². The van der Waals surface area contributed by atoms with Gasteiger partial charge in [-0.15, -0.1) is 0 Å². The highest BCUT2D eigenvalue weighted by atomic mass is 35.5. The smallest absolute Gasteiger partial charge is 0.293 e. The number of ether oxygens (including phenoxy) is 2. The van der Waals surface area contributed by atoms with Crippen LogP contribution >= 0.6 is 23.2 Å². The average Bonchev–Trinajstić information content (AvgIpc) is 3.16. The molecule has 25 heavy (non-hydrogen) atoms. The highest BCUT2D eigenvalue weighted by molar-refractivity contribution is 6.42. The first-order chi connectivity index (χ1) is 11.9. The van der Waals surface area contributed by atoms with Crippen molar-refractivity contribution in [2.24, 2.45) is 21.6 Å². The van der Waals surface area contributed by atoms with E-state index in [4.69, 9.17) is 38.4 Å². The Morgan fingerprint density at radius 3 is 2.36 bits per heavy atom. The molecule has 1 saturated carbocycles. The van der Waals surface area contributed by atoms with E-state index in [2.05, 4.69) is 17.1 Å². The highest BCUT2D eigenvalue weighted by Gasteiger charge is 2.94. The van der Waals surface area contributed by atoms with E-state index in [1.54, 1.807) is 32.0 Å². The summed E-state index contributed by atoms with van der Waals surface area (Å²) in [5, 5.41) is 20.7. The lowest BCUT2D eigenvalue weighted by Gasteiger charge is -2.31. The molecule has 1 aliphatic heterocycles. The van der Waals surface area contributed by atoms with E-state index in [0.29, 0.717) is 10.6 Å². The summed E-state index contributed by atoms with van der Waals surface area (Å²) < 4.78 is 11.5. The molecule has 3 rings (SSSR count). The van der Waals surface area contributed by atoms with Crippen molar-refractivity contribution >= 4 is 29.0 Å². The van der Waals surface area contributed by atoms with Crippen LogP contribution in [0.4, 0.5) is 0 Å². The summed E-state index contributed by atoms with van der Waals surface area (Å²) in [5.74, 6) is -2.29. The van der Waals surface area contributed by atoms with E-state index in [1.165, 1.54) is 0 Å². The van der Waals surface area contributed by atoms with Gasteiger partial charge in [0.25, 0.3) is 5.91 Å².